The van der Waals surface area contributed by atoms with Crippen molar-refractivity contribution < 1.29 is 27.5 Å². The number of imide groups is 1. The zero-order valence-corrected chi connectivity index (χ0v) is 26.9. The van der Waals surface area contributed by atoms with E-state index in [9.17, 15) is 18.0 Å². The highest BCUT2D eigenvalue weighted by Gasteiger charge is 2.36. The van der Waals surface area contributed by atoms with Crippen molar-refractivity contribution in [2.75, 3.05) is 50.5 Å². The molecule has 9 nitrogen and oxygen atoms in total. The molecular weight excluding hydrogens is 654 g/mol. The van der Waals surface area contributed by atoms with Gasteiger partial charge in [-0.2, -0.15) is 4.31 Å². The van der Waals surface area contributed by atoms with Crippen molar-refractivity contribution in [1.82, 2.24) is 9.21 Å². The van der Waals surface area contributed by atoms with Crippen molar-refractivity contribution in [1.29, 1.82) is 0 Å². The summed E-state index contributed by atoms with van der Waals surface area (Å²) in [6.45, 7) is 4.00. The molecule has 5 rings (SSSR count). The molecule has 2 amide bonds. The second kappa shape index (κ2) is 14.1. The van der Waals surface area contributed by atoms with Gasteiger partial charge < -0.3 is 14.4 Å². The first-order valence-corrected chi connectivity index (χ1v) is 17.3. The summed E-state index contributed by atoms with van der Waals surface area (Å²) in [7, 11) is -3.11. The number of thioether (sulfide) groups is 1. The van der Waals surface area contributed by atoms with E-state index in [0.717, 1.165) is 54.3 Å². The second-order valence-electron chi connectivity index (χ2n) is 10.2. The minimum atomic E-state index is -3.11. The standard InChI is InChI=1S/C31H32BrN3O6S2/c1-43(38,39)34-19-17-33(18-20-34)16-2-3-21-40-26-14-8-25(9-15-26)35-30(36)29(42-31(35)37)22-23-4-10-27(11-5-23)41-28-12-6-24(32)7-13-28/h4-15,22H,2-3,16-21H2,1H3/b29-22-. The predicted octanol–water partition coefficient (Wildman–Crippen LogP) is 6.22. The molecule has 0 radical (unpaired) electrons. The van der Waals surface area contributed by atoms with E-state index in [4.69, 9.17) is 9.47 Å². The summed E-state index contributed by atoms with van der Waals surface area (Å²) >= 11 is 4.32. The Kier molecular flexibility index (Phi) is 10.2. The molecule has 226 valence electrons. The molecule has 0 saturated carbocycles. The van der Waals surface area contributed by atoms with E-state index >= 15 is 0 Å². The highest BCUT2D eigenvalue weighted by molar-refractivity contribution is 9.10. The fourth-order valence-electron chi connectivity index (χ4n) is 4.72. The molecule has 0 N–H and O–H groups in total. The number of unbranched alkanes of at least 4 members (excludes halogenated alkanes) is 1. The van der Waals surface area contributed by atoms with Crippen molar-refractivity contribution >= 4 is 60.6 Å². The largest absolute Gasteiger partial charge is 0.494 e. The lowest BCUT2D eigenvalue weighted by atomic mass is 10.2. The lowest BCUT2D eigenvalue weighted by molar-refractivity contribution is -0.113. The molecule has 0 unspecified atom stereocenters. The highest BCUT2D eigenvalue weighted by atomic mass is 79.9. The summed E-state index contributed by atoms with van der Waals surface area (Å²) in [4.78, 5) is 29.6. The molecule has 2 saturated heterocycles. The number of amides is 2. The fraction of sp³-hybridized carbons (Fsp3) is 0.290. The SMILES string of the molecule is CS(=O)(=O)N1CCN(CCCCOc2ccc(N3C(=O)S/C(=C\c4ccc(Oc5ccc(Br)cc5)cc4)C3=O)cc2)CC1. The molecule has 2 fully saturated rings. The number of sulfonamides is 1. The lowest BCUT2D eigenvalue weighted by Crippen LogP contribution is -2.48. The molecule has 12 heteroatoms. The lowest BCUT2D eigenvalue weighted by Gasteiger charge is -2.33. The van der Waals surface area contributed by atoms with Gasteiger partial charge in [-0.05, 0) is 103 Å². The first-order valence-electron chi connectivity index (χ1n) is 13.9. The molecule has 3 aromatic rings. The van der Waals surface area contributed by atoms with Crippen LogP contribution in [0.3, 0.4) is 0 Å². The number of anilines is 1. The van der Waals surface area contributed by atoms with Crippen molar-refractivity contribution in [2.45, 2.75) is 12.8 Å². The van der Waals surface area contributed by atoms with Gasteiger partial charge in [0.2, 0.25) is 10.0 Å². The number of carbonyl (C=O) groups excluding carboxylic acids is 2. The van der Waals surface area contributed by atoms with Crippen LogP contribution in [-0.4, -0.2) is 74.4 Å². The maximum atomic E-state index is 13.1. The van der Waals surface area contributed by atoms with Crippen molar-refractivity contribution in [2.24, 2.45) is 0 Å². The zero-order chi connectivity index (χ0) is 30.4. The van der Waals surface area contributed by atoms with Gasteiger partial charge in [0.1, 0.15) is 17.2 Å². The van der Waals surface area contributed by atoms with Gasteiger partial charge in [-0.3, -0.25) is 9.59 Å². The Hall–Kier alpha value is -3.16. The maximum absolute atomic E-state index is 13.1. The summed E-state index contributed by atoms with van der Waals surface area (Å²) in [6, 6.07) is 21.8. The van der Waals surface area contributed by atoms with Crippen LogP contribution in [0.25, 0.3) is 6.08 Å². The molecule has 0 aliphatic carbocycles. The monoisotopic (exact) mass is 685 g/mol. The molecule has 2 aliphatic rings. The minimum absolute atomic E-state index is 0.350. The van der Waals surface area contributed by atoms with Crippen molar-refractivity contribution in [3.8, 4) is 17.2 Å². The van der Waals surface area contributed by atoms with Crippen LogP contribution in [0.2, 0.25) is 0 Å². The smallest absolute Gasteiger partial charge is 0.298 e. The van der Waals surface area contributed by atoms with E-state index in [1.807, 2.05) is 48.5 Å². The van der Waals surface area contributed by atoms with Gasteiger partial charge in [0, 0.05) is 30.7 Å². The van der Waals surface area contributed by atoms with E-state index in [1.165, 1.54) is 15.5 Å². The van der Waals surface area contributed by atoms with E-state index in [0.29, 0.717) is 47.5 Å². The molecule has 43 heavy (non-hydrogen) atoms. The zero-order valence-electron chi connectivity index (χ0n) is 23.6. The van der Waals surface area contributed by atoms with Gasteiger partial charge >= 0.3 is 0 Å². The summed E-state index contributed by atoms with van der Waals surface area (Å²) in [5.74, 6) is 1.68. The Morgan fingerprint density at radius 3 is 2.07 bits per heavy atom. The number of ether oxygens (including phenoxy) is 2. The van der Waals surface area contributed by atoms with Crippen LogP contribution in [0, 0.1) is 0 Å². The molecule has 2 heterocycles. The van der Waals surface area contributed by atoms with Gasteiger partial charge in [0.05, 0.1) is 23.5 Å². The Labute approximate surface area is 264 Å². The number of benzene rings is 3. The molecule has 0 aromatic heterocycles. The number of piperazine rings is 1. The van der Waals surface area contributed by atoms with Gasteiger partial charge in [-0.25, -0.2) is 13.3 Å². The van der Waals surface area contributed by atoms with Crippen molar-refractivity contribution in [3.05, 3.63) is 87.7 Å². The number of hydrogen-bond acceptors (Lipinski definition) is 8. The first kappa shape index (κ1) is 31.3. The Bertz CT molecular complexity index is 1570. The van der Waals surface area contributed by atoms with Crippen LogP contribution in [-0.2, 0) is 14.8 Å². The van der Waals surface area contributed by atoms with Crippen LogP contribution in [0.15, 0.2) is 82.2 Å². The molecule has 0 spiro atoms. The molecule has 0 atom stereocenters. The molecule has 2 aliphatic heterocycles. The van der Waals surface area contributed by atoms with E-state index in [2.05, 4.69) is 20.8 Å². The van der Waals surface area contributed by atoms with Crippen molar-refractivity contribution in [3.63, 3.8) is 0 Å². The third-order valence-corrected chi connectivity index (χ3v) is 9.75. The maximum Gasteiger partial charge on any atom is 0.298 e. The normalized spacial score (nSPS) is 17.5. The fourth-order valence-corrected chi connectivity index (χ4v) is 6.65. The Balaban J connectivity index is 1.08. The average molecular weight is 687 g/mol. The van der Waals surface area contributed by atoms with Gasteiger partial charge in [-0.1, -0.05) is 28.1 Å². The number of halogens is 1. The third kappa shape index (κ3) is 8.48. The number of hydrogen-bond donors (Lipinski definition) is 0. The number of nitrogens with zero attached hydrogens (tertiary/aromatic N) is 3. The minimum Gasteiger partial charge on any atom is -0.494 e. The third-order valence-electron chi connectivity index (χ3n) is 7.05. The number of carbonyl (C=O) groups is 2. The van der Waals surface area contributed by atoms with Crippen LogP contribution in [0.5, 0.6) is 17.2 Å². The van der Waals surface area contributed by atoms with Crippen LogP contribution in [0.4, 0.5) is 10.5 Å². The molecular formula is C31H32BrN3O6S2. The summed E-state index contributed by atoms with van der Waals surface area (Å²) in [6.07, 6.45) is 4.77. The van der Waals surface area contributed by atoms with Gasteiger partial charge in [0.15, 0.2) is 0 Å². The summed E-state index contributed by atoms with van der Waals surface area (Å²) in [5.41, 5.74) is 1.28. The average Bonchev–Trinajstić information content (AvgIpc) is 3.27. The summed E-state index contributed by atoms with van der Waals surface area (Å²) in [5, 5.41) is -0.350. The quantitative estimate of drug-likeness (QED) is 0.173. The van der Waals surface area contributed by atoms with Crippen LogP contribution < -0.4 is 14.4 Å². The number of rotatable bonds is 11. The van der Waals surface area contributed by atoms with Gasteiger partial charge in [0.25, 0.3) is 11.1 Å². The van der Waals surface area contributed by atoms with Crippen LogP contribution in [0.1, 0.15) is 18.4 Å². The van der Waals surface area contributed by atoms with Gasteiger partial charge in [-0.15, -0.1) is 0 Å². The van der Waals surface area contributed by atoms with Crippen LogP contribution >= 0.6 is 27.7 Å². The van der Waals surface area contributed by atoms with E-state index in [-0.39, 0.29) is 11.1 Å². The molecule has 3 aromatic carbocycles. The Morgan fingerprint density at radius 2 is 1.44 bits per heavy atom. The molecule has 0 bridgehead atoms. The van der Waals surface area contributed by atoms with E-state index in [1.54, 1.807) is 30.3 Å². The predicted molar refractivity (Wildman–Crippen MR) is 173 cm³/mol. The second-order valence-corrected chi connectivity index (χ2v) is 14.1. The first-order chi connectivity index (χ1) is 20.7. The highest BCUT2D eigenvalue weighted by Crippen LogP contribution is 2.36. The Morgan fingerprint density at radius 1 is 0.837 bits per heavy atom. The van der Waals surface area contributed by atoms with E-state index < -0.39 is 10.0 Å². The summed E-state index contributed by atoms with van der Waals surface area (Å²) < 4.78 is 37.5. The topological polar surface area (TPSA) is 96.5 Å².